The van der Waals surface area contributed by atoms with E-state index in [1.165, 1.54) is 34.6 Å². The minimum Gasteiger partial charge on any atom is -0.459 e. The Morgan fingerprint density at radius 2 is 1.36 bits per heavy atom. The zero-order chi connectivity index (χ0) is 18.0. The Hall–Kier alpha value is -0.990. The first-order chi connectivity index (χ1) is 9.53. The van der Waals surface area contributed by atoms with Crippen molar-refractivity contribution in [1.82, 2.24) is 0 Å². The first-order valence-corrected chi connectivity index (χ1v) is 6.51. The highest BCUT2D eigenvalue weighted by molar-refractivity contribution is 5.76. The van der Waals surface area contributed by atoms with Crippen LogP contribution < -0.4 is 0 Å². The molecule has 0 heterocycles. The Morgan fingerprint density at radius 3 is 1.64 bits per heavy atom. The molecule has 0 aromatic carbocycles. The van der Waals surface area contributed by atoms with Gasteiger partial charge < -0.3 is 9.47 Å². The fourth-order valence-corrected chi connectivity index (χ4v) is 1.35. The summed E-state index contributed by atoms with van der Waals surface area (Å²) < 4.78 is 83.5. The van der Waals surface area contributed by atoms with Crippen molar-refractivity contribution in [2.24, 2.45) is 5.41 Å². The van der Waals surface area contributed by atoms with Crippen LogP contribution >= 0.6 is 0 Å². The predicted molar refractivity (Wildman–Crippen MR) is 66.1 cm³/mol. The fraction of sp³-hybridized carbons (Fsp3) is 0.923. The maximum absolute atomic E-state index is 12.4. The smallest absolute Gasteiger partial charge is 0.423 e. The van der Waals surface area contributed by atoms with Gasteiger partial charge in [0.1, 0.15) is 5.60 Å². The summed E-state index contributed by atoms with van der Waals surface area (Å²) in [5.41, 5.74) is -2.52. The molecule has 0 aliphatic carbocycles. The van der Waals surface area contributed by atoms with Crippen LogP contribution in [-0.2, 0) is 14.3 Å². The summed E-state index contributed by atoms with van der Waals surface area (Å²) in [6.07, 6.45) is -15.2. The summed E-state index contributed by atoms with van der Waals surface area (Å²) in [5.74, 6) is -0.911. The molecule has 1 atom stereocenters. The third-order valence-corrected chi connectivity index (χ3v) is 2.84. The largest absolute Gasteiger partial charge is 0.459 e. The summed E-state index contributed by atoms with van der Waals surface area (Å²) in [6, 6.07) is 0. The Bertz CT molecular complexity index is 369. The van der Waals surface area contributed by atoms with Crippen molar-refractivity contribution in [3.63, 3.8) is 0 Å². The first kappa shape index (κ1) is 21.0. The number of rotatable bonds is 5. The van der Waals surface area contributed by atoms with E-state index < -0.39 is 42.0 Å². The molecule has 0 saturated heterocycles. The maximum Gasteiger partial charge on any atom is 0.423 e. The van der Waals surface area contributed by atoms with Crippen LogP contribution in [0.3, 0.4) is 0 Å². The molecule has 0 spiro atoms. The van der Waals surface area contributed by atoms with Crippen LogP contribution in [0.4, 0.5) is 26.3 Å². The van der Waals surface area contributed by atoms with Crippen LogP contribution in [0.25, 0.3) is 0 Å². The van der Waals surface area contributed by atoms with Crippen molar-refractivity contribution in [2.75, 3.05) is 6.61 Å². The molecule has 132 valence electrons. The summed E-state index contributed by atoms with van der Waals surface area (Å²) in [6.45, 7) is 6.21. The minimum absolute atomic E-state index is 0.0374. The van der Waals surface area contributed by atoms with Crippen molar-refractivity contribution in [1.29, 1.82) is 0 Å². The van der Waals surface area contributed by atoms with E-state index in [0.717, 1.165) is 0 Å². The molecule has 22 heavy (non-hydrogen) atoms. The number of esters is 1. The highest BCUT2D eigenvalue weighted by Gasteiger charge is 2.58. The number of carbonyl (C=O) groups excluding carboxylic acids is 1. The zero-order valence-electron chi connectivity index (χ0n) is 13.0. The lowest BCUT2D eigenvalue weighted by Crippen LogP contribution is -2.47. The van der Waals surface area contributed by atoms with Crippen LogP contribution in [0.15, 0.2) is 0 Å². The number of ether oxygens (including phenoxy) is 2. The molecule has 9 heteroatoms. The number of carbonyl (C=O) groups is 1. The summed E-state index contributed by atoms with van der Waals surface area (Å²) in [7, 11) is 0. The molecule has 0 aromatic heterocycles. The molecule has 0 rings (SSSR count). The summed E-state index contributed by atoms with van der Waals surface area (Å²) in [4.78, 5) is 12.0. The molecule has 0 aliphatic heterocycles. The molecular formula is C13H20F6O3. The second kappa shape index (κ2) is 6.64. The Kier molecular flexibility index (Phi) is 6.34. The average Bonchev–Trinajstić information content (AvgIpc) is 2.22. The Labute approximate surface area is 125 Å². The van der Waals surface area contributed by atoms with Gasteiger partial charge in [-0.3, -0.25) is 4.79 Å². The van der Waals surface area contributed by atoms with Crippen LogP contribution in [0, 0.1) is 5.41 Å². The van der Waals surface area contributed by atoms with Gasteiger partial charge in [0.25, 0.3) is 0 Å². The van der Waals surface area contributed by atoms with Gasteiger partial charge in [-0.05, 0) is 34.1 Å². The van der Waals surface area contributed by atoms with Gasteiger partial charge in [0.05, 0.1) is 12.0 Å². The third-order valence-electron chi connectivity index (χ3n) is 2.84. The third kappa shape index (κ3) is 6.41. The Morgan fingerprint density at radius 1 is 0.955 bits per heavy atom. The van der Waals surface area contributed by atoms with Gasteiger partial charge in [0.15, 0.2) is 0 Å². The van der Waals surface area contributed by atoms with E-state index >= 15 is 0 Å². The van der Waals surface area contributed by atoms with Crippen molar-refractivity contribution < 1.29 is 40.6 Å². The van der Waals surface area contributed by atoms with Gasteiger partial charge in [-0.15, -0.1) is 0 Å². The molecule has 0 N–H and O–H groups in total. The summed E-state index contributed by atoms with van der Waals surface area (Å²) >= 11 is 0. The lowest BCUT2D eigenvalue weighted by Gasteiger charge is -2.32. The van der Waals surface area contributed by atoms with E-state index in [2.05, 4.69) is 4.74 Å². The molecular weight excluding hydrogens is 318 g/mol. The monoisotopic (exact) mass is 338 g/mol. The van der Waals surface area contributed by atoms with Crippen LogP contribution in [0.1, 0.15) is 41.0 Å². The molecule has 1 unspecified atom stereocenters. The van der Waals surface area contributed by atoms with Crippen LogP contribution in [0.2, 0.25) is 0 Å². The number of hydrogen-bond donors (Lipinski definition) is 0. The van der Waals surface area contributed by atoms with Crippen molar-refractivity contribution in [2.45, 2.75) is 65.1 Å². The first-order valence-electron chi connectivity index (χ1n) is 6.51. The quantitative estimate of drug-likeness (QED) is 0.555. The van der Waals surface area contributed by atoms with Gasteiger partial charge in [-0.2, -0.15) is 26.3 Å². The molecule has 0 aliphatic rings. The van der Waals surface area contributed by atoms with Gasteiger partial charge in [-0.25, -0.2) is 0 Å². The highest BCUT2D eigenvalue weighted by Crippen LogP contribution is 2.37. The zero-order valence-corrected chi connectivity index (χ0v) is 13.0. The van der Waals surface area contributed by atoms with Gasteiger partial charge >= 0.3 is 18.3 Å². The van der Waals surface area contributed by atoms with E-state index in [1.54, 1.807) is 0 Å². The van der Waals surface area contributed by atoms with Crippen molar-refractivity contribution in [3.8, 4) is 0 Å². The SMILES string of the molecule is CCC(C)(COC(C(F)(F)F)C(F)(F)F)C(=O)OC(C)(C)C. The van der Waals surface area contributed by atoms with E-state index in [1.807, 2.05) is 0 Å². The lowest BCUT2D eigenvalue weighted by atomic mass is 9.88. The molecule has 0 bridgehead atoms. The van der Waals surface area contributed by atoms with Crippen LogP contribution in [0.5, 0.6) is 0 Å². The second-order valence-corrected chi connectivity index (χ2v) is 6.19. The van der Waals surface area contributed by atoms with Gasteiger partial charge in [-0.1, -0.05) is 6.92 Å². The van der Waals surface area contributed by atoms with Gasteiger partial charge in [0.2, 0.25) is 6.10 Å². The lowest BCUT2D eigenvalue weighted by molar-refractivity contribution is -0.325. The van der Waals surface area contributed by atoms with E-state index in [-0.39, 0.29) is 6.42 Å². The standard InChI is InChI=1S/C13H20F6O3/c1-6-11(5,9(20)22-10(2,3)4)7-21-8(12(14,15)16)13(17,18)19/h8H,6-7H2,1-5H3. The van der Waals surface area contributed by atoms with Crippen molar-refractivity contribution in [3.05, 3.63) is 0 Å². The molecule has 0 fully saturated rings. The Balaban J connectivity index is 5.11. The molecule has 0 amide bonds. The van der Waals surface area contributed by atoms with E-state index in [4.69, 9.17) is 4.74 Å². The maximum atomic E-state index is 12.4. The molecule has 0 saturated carbocycles. The number of hydrogen-bond acceptors (Lipinski definition) is 3. The molecule has 0 aromatic rings. The fourth-order valence-electron chi connectivity index (χ4n) is 1.35. The van der Waals surface area contributed by atoms with E-state index in [9.17, 15) is 31.1 Å². The highest BCUT2D eigenvalue weighted by atomic mass is 19.4. The minimum atomic E-state index is -5.61. The average molecular weight is 338 g/mol. The molecule has 3 nitrogen and oxygen atoms in total. The van der Waals surface area contributed by atoms with Gasteiger partial charge in [0, 0.05) is 0 Å². The normalized spacial score (nSPS) is 16.5. The second-order valence-electron chi connectivity index (χ2n) is 6.19. The number of halogens is 6. The summed E-state index contributed by atoms with van der Waals surface area (Å²) in [5, 5.41) is 0. The topological polar surface area (TPSA) is 35.5 Å². The molecule has 0 radical (unpaired) electrons. The predicted octanol–water partition coefficient (Wildman–Crippen LogP) is 4.25. The van der Waals surface area contributed by atoms with E-state index in [0.29, 0.717) is 0 Å². The van der Waals surface area contributed by atoms with Crippen molar-refractivity contribution >= 4 is 5.97 Å². The van der Waals surface area contributed by atoms with Crippen LogP contribution in [-0.4, -0.2) is 36.6 Å². The number of alkyl halides is 6.